The molecule has 1 fully saturated rings. The molecule has 0 amide bonds. The van der Waals surface area contributed by atoms with Crippen molar-refractivity contribution in [2.75, 3.05) is 13.1 Å². The fourth-order valence-electron chi connectivity index (χ4n) is 1.42. The average molecular weight is 216 g/mol. The normalized spacial score (nSPS) is 24.8. The van der Waals surface area contributed by atoms with E-state index >= 15 is 0 Å². The Morgan fingerprint density at radius 3 is 3.31 bits per heavy atom. The van der Waals surface area contributed by atoms with E-state index in [-0.39, 0.29) is 0 Å². The molecule has 2 atom stereocenters. The van der Waals surface area contributed by atoms with Crippen LogP contribution in [-0.2, 0) is 16.6 Å². The van der Waals surface area contributed by atoms with Crippen LogP contribution in [-0.4, -0.2) is 27.5 Å². The molecule has 13 heavy (non-hydrogen) atoms. The van der Waals surface area contributed by atoms with Crippen molar-refractivity contribution < 1.29 is 4.21 Å². The molecule has 0 saturated carbocycles. The summed E-state index contributed by atoms with van der Waals surface area (Å²) in [6, 6.07) is 0. The Morgan fingerprint density at radius 2 is 2.69 bits per heavy atom. The van der Waals surface area contributed by atoms with Gasteiger partial charge in [0.25, 0.3) is 0 Å². The third kappa shape index (κ3) is 2.36. The summed E-state index contributed by atoms with van der Waals surface area (Å²) in [5.41, 5.74) is 1.79. The maximum Gasteiger partial charge on any atom is 0.0794 e. The van der Waals surface area contributed by atoms with Gasteiger partial charge in [0.05, 0.1) is 11.3 Å². The van der Waals surface area contributed by atoms with Gasteiger partial charge in [0.2, 0.25) is 0 Å². The van der Waals surface area contributed by atoms with Gasteiger partial charge < -0.3 is 5.32 Å². The summed E-state index contributed by atoms with van der Waals surface area (Å²) in [4.78, 5) is 5.10. The van der Waals surface area contributed by atoms with Crippen LogP contribution in [0.2, 0.25) is 0 Å². The molecule has 1 unspecified atom stereocenters. The molecule has 1 aliphatic rings. The van der Waals surface area contributed by atoms with E-state index in [1.165, 1.54) is 0 Å². The van der Waals surface area contributed by atoms with Gasteiger partial charge in [-0.05, 0) is 13.0 Å². The molecule has 1 aromatic rings. The van der Waals surface area contributed by atoms with Gasteiger partial charge in [-0.25, -0.2) is 0 Å². The van der Waals surface area contributed by atoms with Crippen LogP contribution in [0, 0.1) is 0 Å². The van der Waals surface area contributed by atoms with Crippen LogP contribution < -0.4 is 5.32 Å². The second-order valence-corrected chi connectivity index (χ2v) is 5.80. The molecule has 1 aliphatic heterocycles. The molecule has 72 valence electrons. The smallest absolute Gasteiger partial charge is 0.0794 e. The Morgan fingerprint density at radius 1 is 1.77 bits per heavy atom. The van der Waals surface area contributed by atoms with E-state index in [4.69, 9.17) is 0 Å². The van der Waals surface area contributed by atoms with Crippen molar-refractivity contribution in [3.8, 4) is 0 Å². The van der Waals surface area contributed by atoms with Crippen molar-refractivity contribution in [1.29, 1.82) is 0 Å². The van der Waals surface area contributed by atoms with Crippen LogP contribution in [0.4, 0.5) is 0 Å². The molecule has 0 aromatic carbocycles. The summed E-state index contributed by atoms with van der Waals surface area (Å²) in [6.07, 6.45) is 2.86. The van der Waals surface area contributed by atoms with Crippen LogP contribution in [0.15, 0.2) is 11.7 Å². The van der Waals surface area contributed by atoms with E-state index < -0.39 is 10.8 Å². The van der Waals surface area contributed by atoms with Crippen molar-refractivity contribution in [2.45, 2.75) is 17.4 Å². The van der Waals surface area contributed by atoms with Crippen LogP contribution in [0.5, 0.6) is 0 Å². The van der Waals surface area contributed by atoms with Gasteiger partial charge in [0.1, 0.15) is 0 Å². The van der Waals surface area contributed by atoms with Gasteiger partial charge in [0, 0.05) is 33.7 Å². The number of nitrogens with one attached hydrogen (secondary N) is 1. The lowest BCUT2D eigenvalue weighted by Gasteiger charge is -2.05. The summed E-state index contributed by atoms with van der Waals surface area (Å²) in [7, 11) is -0.717. The number of nitrogens with zero attached hydrogens (tertiary/aromatic N) is 1. The van der Waals surface area contributed by atoms with Crippen molar-refractivity contribution in [3.63, 3.8) is 0 Å². The van der Waals surface area contributed by atoms with E-state index in [1.807, 2.05) is 6.20 Å². The Balaban J connectivity index is 1.91. The molecule has 2 rings (SSSR count). The lowest BCUT2D eigenvalue weighted by molar-refractivity contribution is 0.672. The molecular weight excluding hydrogens is 204 g/mol. The maximum atomic E-state index is 11.8. The predicted molar refractivity (Wildman–Crippen MR) is 55.2 cm³/mol. The fourth-order valence-corrected chi connectivity index (χ4v) is 3.70. The van der Waals surface area contributed by atoms with Gasteiger partial charge in [-0.15, -0.1) is 11.3 Å². The van der Waals surface area contributed by atoms with Crippen LogP contribution in [0.1, 0.15) is 11.3 Å². The highest BCUT2D eigenvalue weighted by Gasteiger charge is 2.21. The number of thiazole rings is 1. The van der Waals surface area contributed by atoms with E-state index in [0.29, 0.717) is 11.0 Å². The van der Waals surface area contributed by atoms with Gasteiger partial charge >= 0.3 is 0 Å². The van der Waals surface area contributed by atoms with Gasteiger partial charge in [-0.1, -0.05) is 0 Å². The number of hydrogen-bond acceptors (Lipinski definition) is 4. The minimum absolute atomic E-state index is 0.349. The highest BCUT2D eigenvalue weighted by molar-refractivity contribution is 7.85. The van der Waals surface area contributed by atoms with Gasteiger partial charge in [0.15, 0.2) is 0 Å². The minimum atomic E-state index is -0.717. The zero-order valence-corrected chi connectivity index (χ0v) is 8.87. The Labute approximate surface area is 84.0 Å². The molecule has 0 bridgehead atoms. The Hall–Kier alpha value is -0.260. The summed E-state index contributed by atoms with van der Waals surface area (Å²) in [5.74, 6) is 0.678. The second kappa shape index (κ2) is 4.30. The summed E-state index contributed by atoms with van der Waals surface area (Å²) in [5, 5.41) is 3.58. The molecule has 0 aliphatic carbocycles. The first-order valence-electron chi connectivity index (χ1n) is 4.31. The average Bonchev–Trinajstić information content (AvgIpc) is 2.74. The summed E-state index contributed by atoms with van der Waals surface area (Å²) in [6.45, 7) is 1.92. The van der Waals surface area contributed by atoms with Crippen LogP contribution in [0.25, 0.3) is 0 Å². The molecular formula is C8H12N2OS2. The van der Waals surface area contributed by atoms with E-state index in [9.17, 15) is 4.21 Å². The summed E-state index contributed by atoms with van der Waals surface area (Å²) < 4.78 is 11.8. The largest absolute Gasteiger partial charge is 0.315 e. The number of rotatable bonds is 3. The van der Waals surface area contributed by atoms with Crippen LogP contribution in [0.3, 0.4) is 0 Å². The summed E-state index contributed by atoms with van der Waals surface area (Å²) >= 11 is 1.59. The third-order valence-electron chi connectivity index (χ3n) is 2.15. The lowest BCUT2D eigenvalue weighted by atomic mass is 10.4. The monoisotopic (exact) mass is 216 g/mol. The molecule has 1 saturated heterocycles. The lowest BCUT2D eigenvalue weighted by Crippen LogP contribution is -2.19. The third-order valence-corrected chi connectivity index (χ3v) is 4.86. The number of hydrogen-bond donors (Lipinski definition) is 1. The topological polar surface area (TPSA) is 42.0 Å². The second-order valence-electron chi connectivity index (χ2n) is 3.11. The van der Waals surface area contributed by atoms with E-state index in [0.717, 1.165) is 24.4 Å². The van der Waals surface area contributed by atoms with Crippen molar-refractivity contribution >= 4 is 22.1 Å². The molecule has 1 N–H and O–H groups in total. The van der Waals surface area contributed by atoms with Crippen molar-refractivity contribution in [1.82, 2.24) is 10.3 Å². The van der Waals surface area contributed by atoms with Gasteiger partial charge in [-0.3, -0.25) is 9.19 Å². The fraction of sp³-hybridized carbons (Fsp3) is 0.625. The maximum absolute atomic E-state index is 11.8. The number of aromatic nitrogens is 1. The first-order chi connectivity index (χ1) is 6.36. The van der Waals surface area contributed by atoms with Crippen molar-refractivity contribution in [3.05, 3.63) is 16.6 Å². The minimum Gasteiger partial charge on any atom is -0.315 e. The molecule has 2 heterocycles. The standard InChI is InChI=1S/C8H12N2OS2/c11-13(8-1-2-9-4-8)5-7-3-10-6-12-7/h3,6,8-9H,1-2,4-5H2/t8-,13?/m1/s1. The van der Waals surface area contributed by atoms with Crippen LogP contribution >= 0.6 is 11.3 Å². The highest BCUT2D eigenvalue weighted by atomic mass is 32.2. The molecule has 3 nitrogen and oxygen atoms in total. The highest BCUT2D eigenvalue weighted by Crippen LogP contribution is 2.14. The zero-order valence-electron chi connectivity index (χ0n) is 7.23. The molecule has 0 spiro atoms. The Bertz CT molecular complexity index is 280. The van der Waals surface area contributed by atoms with Gasteiger partial charge in [-0.2, -0.15) is 0 Å². The SMILES string of the molecule is O=S(Cc1cncs1)[C@@H]1CCNC1. The van der Waals surface area contributed by atoms with Crippen molar-refractivity contribution in [2.24, 2.45) is 0 Å². The zero-order chi connectivity index (χ0) is 9.10. The first kappa shape index (κ1) is 9.30. The van der Waals surface area contributed by atoms with E-state index in [2.05, 4.69) is 10.3 Å². The first-order valence-corrected chi connectivity index (χ1v) is 6.57. The molecule has 0 radical (unpaired) electrons. The quantitative estimate of drug-likeness (QED) is 0.811. The predicted octanol–water partition coefficient (Wildman–Crippen LogP) is 0.754. The Kier molecular flexibility index (Phi) is 3.08. The van der Waals surface area contributed by atoms with E-state index in [1.54, 1.807) is 16.8 Å². The molecule has 5 heteroatoms. The molecule has 1 aromatic heterocycles.